The molecule has 0 aliphatic carbocycles. The lowest BCUT2D eigenvalue weighted by atomic mass is 9.70. The molecule has 2 fully saturated rings. The highest BCUT2D eigenvalue weighted by Crippen LogP contribution is 2.53. The highest BCUT2D eigenvalue weighted by Gasteiger charge is 2.62. The molecule has 5 nitrogen and oxygen atoms in total. The van der Waals surface area contributed by atoms with E-state index in [4.69, 9.17) is 19.3 Å². The van der Waals surface area contributed by atoms with Crippen molar-refractivity contribution in [3.8, 4) is 0 Å². The molecule has 4 atom stereocenters. The number of piperidine rings is 1. The van der Waals surface area contributed by atoms with Gasteiger partial charge in [-0.05, 0) is 60.9 Å². The van der Waals surface area contributed by atoms with Gasteiger partial charge in [-0.3, -0.25) is 0 Å². The van der Waals surface area contributed by atoms with E-state index >= 15 is 0 Å². The lowest BCUT2D eigenvalue weighted by Gasteiger charge is -2.52. The molecule has 0 aromatic heterocycles. The van der Waals surface area contributed by atoms with Crippen molar-refractivity contribution >= 4 is 0 Å². The van der Waals surface area contributed by atoms with E-state index in [0.717, 1.165) is 5.56 Å². The van der Waals surface area contributed by atoms with E-state index < -0.39 is 41.2 Å². The smallest absolute Gasteiger partial charge is 0.396 e. The van der Waals surface area contributed by atoms with Crippen molar-refractivity contribution in [1.29, 1.82) is 0 Å². The van der Waals surface area contributed by atoms with Crippen molar-refractivity contribution in [2.24, 2.45) is 5.92 Å². The van der Waals surface area contributed by atoms with Crippen LogP contribution < -0.4 is 5.32 Å². The number of hydrogen-bond donors (Lipinski definition) is 2. The lowest BCUT2D eigenvalue weighted by Crippen LogP contribution is -2.65. The fourth-order valence-electron chi connectivity index (χ4n) is 6.01. The second-order valence-electron chi connectivity index (χ2n) is 10.3. The monoisotopic (exact) mass is 561 g/mol. The van der Waals surface area contributed by atoms with Gasteiger partial charge in [0.2, 0.25) is 0 Å². The van der Waals surface area contributed by atoms with Gasteiger partial charge in [0.25, 0.3) is 0 Å². The van der Waals surface area contributed by atoms with Crippen molar-refractivity contribution < 1.29 is 45.7 Å². The van der Waals surface area contributed by atoms with Crippen LogP contribution in [-0.4, -0.2) is 50.3 Å². The molecule has 0 spiro atoms. The minimum atomic E-state index is -4.94. The van der Waals surface area contributed by atoms with Crippen LogP contribution in [0.15, 0.2) is 48.5 Å². The van der Waals surface area contributed by atoms with Gasteiger partial charge in [-0.15, -0.1) is 0 Å². The van der Waals surface area contributed by atoms with Crippen LogP contribution in [-0.2, 0) is 38.7 Å². The summed E-state index contributed by atoms with van der Waals surface area (Å²) in [6, 6.07) is 11.1. The maximum absolute atomic E-state index is 13.5. The van der Waals surface area contributed by atoms with Crippen LogP contribution in [0.2, 0.25) is 0 Å². The third kappa shape index (κ3) is 6.27. The van der Waals surface area contributed by atoms with E-state index in [1.54, 1.807) is 0 Å². The molecule has 2 aromatic rings. The minimum Gasteiger partial charge on any atom is -0.396 e. The highest BCUT2D eigenvalue weighted by molar-refractivity contribution is 5.36. The topological polar surface area (TPSA) is 60.0 Å². The molecule has 0 amide bonds. The van der Waals surface area contributed by atoms with Crippen molar-refractivity contribution in [2.45, 2.75) is 61.8 Å². The zero-order valence-electron chi connectivity index (χ0n) is 21.6. The number of benzene rings is 2. The predicted octanol–water partition coefficient (Wildman–Crippen LogP) is 5.69. The van der Waals surface area contributed by atoms with Crippen LogP contribution >= 0.6 is 0 Å². The summed E-state index contributed by atoms with van der Waals surface area (Å²) in [5.41, 5.74) is -3.97. The van der Waals surface area contributed by atoms with Gasteiger partial charge in [-0.2, -0.15) is 26.3 Å². The average molecular weight is 562 g/mol. The number of nitrogens with one attached hydrogen (secondary N) is 1. The van der Waals surface area contributed by atoms with Gasteiger partial charge in [-0.25, -0.2) is 0 Å². The fourth-order valence-corrected chi connectivity index (χ4v) is 6.01. The Kier molecular flexibility index (Phi) is 8.97. The summed E-state index contributed by atoms with van der Waals surface area (Å²) in [5.74, 6) is 0.0802. The number of fused-ring (bicyclic) bond motifs is 2. The molecule has 39 heavy (non-hydrogen) atoms. The number of ether oxygens (including phenoxy) is 3. The van der Waals surface area contributed by atoms with Crippen LogP contribution in [0.25, 0.3) is 0 Å². The van der Waals surface area contributed by atoms with Crippen LogP contribution in [0.4, 0.5) is 26.3 Å². The van der Waals surface area contributed by atoms with Gasteiger partial charge in [0, 0.05) is 26.4 Å². The number of alkyl halides is 6. The van der Waals surface area contributed by atoms with Crippen molar-refractivity contribution in [3.05, 3.63) is 70.8 Å². The quantitative estimate of drug-likeness (QED) is 0.273. The van der Waals surface area contributed by atoms with E-state index in [1.807, 2.05) is 30.3 Å². The van der Waals surface area contributed by atoms with Crippen LogP contribution in [0.3, 0.4) is 0 Å². The fraction of sp³-hybridized carbons (Fsp3) is 0.571. The summed E-state index contributed by atoms with van der Waals surface area (Å²) in [5, 5.41) is 12.8. The van der Waals surface area contributed by atoms with E-state index in [0.29, 0.717) is 51.0 Å². The normalized spacial score (nSPS) is 27.2. The first-order chi connectivity index (χ1) is 18.4. The molecule has 2 aromatic carbocycles. The zero-order valence-corrected chi connectivity index (χ0v) is 21.6. The number of aliphatic hydroxyl groups excluding tert-OH is 1. The molecule has 2 saturated heterocycles. The number of methoxy groups -OCH3 is 1. The molecule has 2 heterocycles. The Balaban J connectivity index is 1.69. The summed E-state index contributed by atoms with van der Waals surface area (Å²) in [7, 11) is 1.49. The maximum Gasteiger partial charge on any atom is 0.416 e. The molecular formula is C28H33F6NO4. The van der Waals surface area contributed by atoms with Crippen molar-refractivity contribution in [3.63, 3.8) is 0 Å². The largest absolute Gasteiger partial charge is 0.416 e. The molecule has 2 aliphatic heterocycles. The zero-order chi connectivity index (χ0) is 28.3. The van der Waals surface area contributed by atoms with Crippen molar-refractivity contribution in [1.82, 2.24) is 5.32 Å². The molecule has 2 aliphatic rings. The highest BCUT2D eigenvalue weighted by atomic mass is 19.4. The summed E-state index contributed by atoms with van der Waals surface area (Å²) >= 11 is 0. The Labute approximate surface area is 223 Å². The second kappa shape index (κ2) is 11.7. The van der Waals surface area contributed by atoms with Crippen LogP contribution in [0.1, 0.15) is 47.9 Å². The molecule has 0 saturated carbocycles. The number of halogens is 6. The number of rotatable bonds is 11. The first kappa shape index (κ1) is 29.8. The summed E-state index contributed by atoms with van der Waals surface area (Å²) in [6.45, 7) is 0.489. The Morgan fingerprint density at radius 1 is 1.00 bits per heavy atom. The standard InChI is InChI=1S/C28H33F6NO4/c1-37-18-25(39-16-19-12-22(27(29,30)31)14-23(13-19)28(32,33)34)9-8-24-20(17-38-11-5-10-36)15-26(25,35-24)21-6-3-2-4-7-21/h2-4,6-7,12-14,20,24,35-36H,5,8-11,15-18H2,1H3/t20-,24-,25-,26+/m0/s1. The van der Waals surface area contributed by atoms with Crippen LogP contribution in [0.5, 0.6) is 0 Å². The second-order valence-corrected chi connectivity index (χ2v) is 10.3. The third-order valence-corrected chi connectivity index (χ3v) is 7.79. The Morgan fingerprint density at radius 3 is 2.26 bits per heavy atom. The van der Waals surface area contributed by atoms with E-state index in [2.05, 4.69) is 5.32 Å². The Bertz CT molecular complexity index is 1060. The Morgan fingerprint density at radius 2 is 1.67 bits per heavy atom. The van der Waals surface area contributed by atoms with E-state index in [-0.39, 0.29) is 36.8 Å². The molecular weight excluding hydrogens is 528 g/mol. The van der Waals surface area contributed by atoms with E-state index in [1.165, 1.54) is 7.11 Å². The summed E-state index contributed by atoms with van der Waals surface area (Å²) < 4.78 is 98.6. The van der Waals surface area contributed by atoms with Crippen molar-refractivity contribution in [2.75, 3.05) is 33.5 Å². The first-order valence-corrected chi connectivity index (χ1v) is 12.9. The SMILES string of the molecule is COC[C@@]1(OCc2cc(C(F)(F)F)cc(C(F)(F)F)c2)CC[C@@H]2N[C@@]1(c1ccccc1)C[C@H]2COCCCO. The van der Waals surface area contributed by atoms with Gasteiger partial charge in [0.1, 0.15) is 5.60 Å². The van der Waals surface area contributed by atoms with Gasteiger partial charge in [-0.1, -0.05) is 30.3 Å². The number of hydrogen-bond acceptors (Lipinski definition) is 5. The molecule has 11 heteroatoms. The first-order valence-electron chi connectivity index (χ1n) is 12.9. The summed E-state index contributed by atoms with van der Waals surface area (Å²) in [4.78, 5) is 0. The number of aliphatic hydroxyl groups is 1. The minimum absolute atomic E-state index is 0.0245. The molecule has 216 valence electrons. The van der Waals surface area contributed by atoms with E-state index in [9.17, 15) is 26.3 Å². The molecule has 4 rings (SSSR count). The van der Waals surface area contributed by atoms with Crippen LogP contribution in [0, 0.1) is 5.92 Å². The average Bonchev–Trinajstić information content (AvgIpc) is 3.22. The third-order valence-electron chi connectivity index (χ3n) is 7.79. The van der Waals surface area contributed by atoms with Gasteiger partial charge >= 0.3 is 12.4 Å². The summed E-state index contributed by atoms with van der Waals surface area (Å²) in [6.07, 6.45) is -7.67. The maximum atomic E-state index is 13.5. The molecule has 2 bridgehead atoms. The lowest BCUT2D eigenvalue weighted by molar-refractivity contribution is -0.167. The van der Waals surface area contributed by atoms with Gasteiger partial charge < -0.3 is 24.6 Å². The molecule has 0 radical (unpaired) electrons. The predicted molar refractivity (Wildman–Crippen MR) is 131 cm³/mol. The Hall–Kier alpha value is -2.18. The molecule has 2 N–H and O–H groups in total. The van der Waals surface area contributed by atoms with Gasteiger partial charge in [0.05, 0.1) is 36.5 Å². The van der Waals surface area contributed by atoms with Gasteiger partial charge in [0.15, 0.2) is 0 Å². The molecule has 0 unspecified atom stereocenters.